The molecule has 1 heterocycles. The van der Waals surface area contributed by atoms with Crippen molar-refractivity contribution in [3.63, 3.8) is 0 Å². The molecule has 0 N–H and O–H groups in total. The van der Waals surface area contributed by atoms with E-state index in [4.69, 9.17) is 9.47 Å². The smallest absolute Gasteiger partial charge is 0.276 e. The van der Waals surface area contributed by atoms with Crippen molar-refractivity contribution in [1.29, 1.82) is 0 Å². The van der Waals surface area contributed by atoms with Crippen LogP contribution in [0.3, 0.4) is 0 Å². The maximum Gasteiger partial charge on any atom is 0.276 e. The van der Waals surface area contributed by atoms with Gasteiger partial charge < -0.3 is 14.4 Å². The van der Waals surface area contributed by atoms with Crippen LogP contribution >= 0.6 is 0 Å². The lowest BCUT2D eigenvalue weighted by atomic mass is 10.1. The minimum atomic E-state index is -0.472. The standard InChI is InChI=1S/C18H16N2O5/c1-19(11-13-6-8-16-17(10-13)25-12-24-16)18(21)9-7-14-4-2-3-5-15(14)20(22)23/h2-10H,11-12H2,1H3/b9-7+. The highest BCUT2D eigenvalue weighted by Gasteiger charge is 2.15. The SMILES string of the molecule is CN(Cc1ccc2c(c1)OCO2)C(=O)/C=C/c1ccccc1[N+](=O)[O-]. The molecule has 128 valence electrons. The molecule has 7 heteroatoms. The molecule has 25 heavy (non-hydrogen) atoms. The summed E-state index contributed by atoms with van der Waals surface area (Å²) in [6.07, 6.45) is 2.78. The van der Waals surface area contributed by atoms with Gasteiger partial charge in [-0.25, -0.2) is 0 Å². The Morgan fingerprint density at radius 2 is 2.00 bits per heavy atom. The van der Waals surface area contributed by atoms with Crippen molar-refractivity contribution in [1.82, 2.24) is 4.90 Å². The Hall–Kier alpha value is -3.35. The summed E-state index contributed by atoms with van der Waals surface area (Å²) < 4.78 is 10.6. The number of carbonyl (C=O) groups is 1. The van der Waals surface area contributed by atoms with E-state index in [9.17, 15) is 14.9 Å². The molecule has 0 fully saturated rings. The fourth-order valence-electron chi connectivity index (χ4n) is 2.47. The van der Waals surface area contributed by atoms with Crippen molar-refractivity contribution in [2.24, 2.45) is 0 Å². The second-order valence-electron chi connectivity index (χ2n) is 5.53. The van der Waals surface area contributed by atoms with Gasteiger partial charge in [-0.1, -0.05) is 18.2 Å². The maximum atomic E-state index is 12.2. The number of nitrogens with zero attached hydrogens (tertiary/aromatic N) is 2. The number of ether oxygens (including phenoxy) is 2. The van der Waals surface area contributed by atoms with Gasteiger partial charge in [-0.2, -0.15) is 0 Å². The summed E-state index contributed by atoms with van der Waals surface area (Å²) in [5.74, 6) is 1.10. The Labute approximate surface area is 144 Å². The fraction of sp³-hybridized carbons (Fsp3) is 0.167. The summed E-state index contributed by atoms with van der Waals surface area (Å²) >= 11 is 0. The highest BCUT2D eigenvalue weighted by molar-refractivity contribution is 5.92. The first-order valence-corrected chi connectivity index (χ1v) is 7.60. The molecule has 1 amide bonds. The van der Waals surface area contributed by atoms with Gasteiger partial charge in [0.05, 0.1) is 10.5 Å². The maximum absolute atomic E-state index is 12.2. The Kier molecular flexibility index (Phi) is 4.65. The topological polar surface area (TPSA) is 81.9 Å². The Bertz CT molecular complexity index is 847. The molecule has 0 unspecified atom stereocenters. The van der Waals surface area contributed by atoms with Crippen LogP contribution in [0.2, 0.25) is 0 Å². The molecule has 2 aromatic rings. The summed E-state index contributed by atoms with van der Waals surface area (Å²) in [6.45, 7) is 0.586. The van der Waals surface area contributed by atoms with Crippen LogP contribution in [0, 0.1) is 10.1 Å². The van der Waals surface area contributed by atoms with Gasteiger partial charge in [0, 0.05) is 25.7 Å². The van der Waals surface area contributed by atoms with E-state index in [0.717, 1.165) is 5.56 Å². The van der Waals surface area contributed by atoms with Crippen LogP contribution < -0.4 is 9.47 Å². The van der Waals surface area contributed by atoms with Crippen LogP contribution in [-0.4, -0.2) is 29.6 Å². The van der Waals surface area contributed by atoms with Crippen LogP contribution in [0.1, 0.15) is 11.1 Å². The summed E-state index contributed by atoms with van der Waals surface area (Å²) in [7, 11) is 1.66. The molecular formula is C18H16N2O5. The van der Waals surface area contributed by atoms with Gasteiger partial charge in [0.25, 0.3) is 5.69 Å². The number of likely N-dealkylation sites (N-methyl/N-ethyl adjacent to an activating group) is 1. The minimum Gasteiger partial charge on any atom is -0.454 e. The molecule has 0 radical (unpaired) electrons. The average Bonchev–Trinajstić information content (AvgIpc) is 3.07. The zero-order chi connectivity index (χ0) is 17.8. The normalized spacial score (nSPS) is 12.4. The number of carbonyl (C=O) groups excluding carboxylic acids is 1. The van der Waals surface area contributed by atoms with Crippen molar-refractivity contribution in [2.45, 2.75) is 6.54 Å². The molecule has 0 atom stereocenters. The molecule has 2 aromatic carbocycles. The number of nitro benzene ring substituents is 1. The van der Waals surface area contributed by atoms with Gasteiger partial charge in [0.15, 0.2) is 11.5 Å². The van der Waals surface area contributed by atoms with Gasteiger partial charge >= 0.3 is 0 Å². The Morgan fingerprint density at radius 3 is 2.80 bits per heavy atom. The number of rotatable bonds is 5. The van der Waals surface area contributed by atoms with E-state index in [1.54, 1.807) is 31.3 Å². The summed E-state index contributed by atoms with van der Waals surface area (Å²) in [4.78, 5) is 24.3. The summed E-state index contributed by atoms with van der Waals surface area (Å²) in [6, 6.07) is 11.8. The van der Waals surface area contributed by atoms with Crippen LogP contribution in [0.5, 0.6) is 11.5 Å². The highest BCUT2D eigenvalue weighted by Crippen LogP contribution is 2.32. The monoisotopic (exact) mass is 340 g/mol. The number of benzene rings is 2. The van der Waals surface area contributed by atoms with Crippen molar-refractivity contribution in [2.75, 3.05) is 13.8 Å². The van der Waals surface area contributed by atoms with E-state index < -0.39 is 4.92 Å². The summed E-state index contributed by atoms with van der Waals surface area (Å²) in [5, 5.41) is 11.0. The highest BCUT2D eigenvalue weighted by atomic mass is 16.7. The number of para-hydroxylation sites is 1. The molecule has 1 aliphatic heterocycles. The lowest BCUT2D eigenvalue weighted by Crippen LogP contribution is -2.24. The number of hydrogen-bond donors (Lipinski definition) is 0. The lowest BCUT2D eigenvalue weighted by Gasteiger charge is -2.15. The molecule has 0 saturated heterocycles. The fourth-order valence-corrected chi connectivity index (χ4v) is 2.47. The van der Waals surface area contributed by atoms with Crippen molar-refractivity contribution in [3.8, 4) is 11.5 Å². The molecule has 0 aromatic heterocycles. The van der Waals surface area contributed by atoms with Gasteiger partial charge in [-0.05, 0) is 29.8 Å². The van der Waals surface area contributed by atoms with Gasteiger partial charge in [-0.15, -0.1) is 0 Å². The zero-order valence-corrected chi connectivity index (χ0v) is 13.5. The molecule has 0 saturated carbocycles. The first-order chi connectivity index (χ1) is 12.0. The second kappa shape index (κ2) is 7.04. The van der Waals surface area contributed by atoms with E-state index in [0.29, 0.717) is 23.6 Å². The van der Waals surface area contributed by atoms with E-state index in [2.05, 4.69) is 0 Å². The Morgan fingerprint density at radius 1 is 1.24 bits per heavy atom. The molecule has 1 aliphatic rings. The Balaban J connectivity index is 1.68. The van der Waals surface area contributed by atoms with Gasteiger partial charge in [0.1, 0.15) is 0 Å². The van der Waals surface area contributed by atoms with E-state index in [-0.39, 0.29) is 18.4 Å². The first-order valence-electron chi connectivity index (χ1n) is 7.60. The van der Waals surface area contributed by atoms with E-state index in [1.807, 2.05) is 12.1 Å². The third kappa shape index (κ3) is 3.77. The largest absolute Gasteiger partial charge is 0.454 e. The van der Waals surface area contributed by atoms with Crippen molar-refractivity contribution < 1.29 is 19.2 Å². The molecule has 7 nitrogen and oxygen atoms in total. The molecule has 3 rings (SSSR count). The van der Waals surface area contributed by atoms with Crippen LogP contribution in [0.25, 0.3) is 6.08 Å². The quantitative estimate of drug-likeness (QED) is 0.475. The van der Waals surface area contributed by atoms with Crippen LogP contribution in [0.4, 0.5) is 5.69 Å². The van der Waals surface area contributed by atoms with Crippen LogP contribution in [0.15, 0.2) is 48.5 Å². The summed E-state index contributed by atoms with van der Waals surface area (Å²) in [5.41, 5.74) is 1.25. The molecule has 0 bridgehead atoms. The third-order valence-corrected chi connectivity index (χ3v) is 3.77. The number of fused-ring (bicyclic) bond motifs is 1. The third-order valence-electron chi connectivity index (χ3n) is 3.77. The first kappa shape index (κ1) is 16.5. The second-order valence-corrected chi connectivity index (χ2v) is 5.53. The zero-order valence-electron chi connectivity index (χ0n) is 13.5. The van der Waals surface area contributed by atoms with E-state index >= 15 is 0 Å². The van der Waals surface area contributed by atoms with E-state index in [1.165, 1.54) is 23.1 Å². The van der Waals surface area contributed by atoms with Crippen LogP contribution in [-0.2, 0) is 11.3 Å². The van der Waals surface area contributed by atoms with Crippen molar-refractivity contribution in [3.05, 3.63) is 69.8 Å². The predicted octanol–water partition coefficient (Wildman–Crippen LogP) is 3.00. The number of amides is 1. The number of hydrogen-bond acceptors (Lipinski definition) is 5. The number of nitro groups is 1. The molecular weight excluding hydrogens is 324 g/mol. The van der Waals surface area contributed by atoms with Crippen molar-refractivity contribution >= 4 is 17.7 Å². The molecule has 0 spiro atoms. The predicted molar refractivity (Wildman–Crippen MR) is 91.2 cm³/mol. The van der Waals surface area contributed by atoms with Gasteiger partial charge in [0.2, 0.25) is 12.7 Å². The minimum absolute atomic E-state index is 0.0371. The van der Waals surface area contributed by atoms with Gasteiger partial charge in [-0.3, -0.25) is 14.9 Å². The molecule has 0 aliphatic carbocycles. The average molecular weight is 340 g/mol. The lowest BCUT2D eigenvalue weighted by molar-refractivity contribution is -0.385.